The van der Waals surface area contributed by atoms with Crippen LogP contribution in [0.3, 0.4) is 0 Å². The smallest absolute Gasteiger partial charge is 0.0741 e. The summed E-state index contributed by atoms with van der Waals surface area (Å²) >= 11 is 6.22. The third-order valence-electron chi connectivity index (χ3n) is 3.50. The normalized spacial score (nSPS) is 11.0. The number of aromatic nitrogens is 1. The number of pyridine rings is 1. The van der Waals surface area contributed by atoms with E-state index < -0.39 is 0 Å². The van der Waals surface area contributed by atoms with Crippen LogP contribution in [0.4, 0.5) is 5.69 Å². The van der Waals surface area contributed by atoms with E-state index in [1.54, 1.807) is 0 Å². The predicted molar refractivity (Wildman–Crippen MR) is 84.4 cm³/mol. The van der Waals surface area contributed by atoms with E-state index in [9.17, 15) is 0 Å². The predicted octanol–water partition coefficient (Wildman–Crippen LogP) is 4.89. The zero-order chi connectivity index (χ0) is 14.0. The monoisotopic (exact) mass is 276 g/mol. The van der Waals surface area contributed by atoms with Gasteiger partial charge in [0.2, 0.25) is 0 Å². The van der Waals surface area contributed by atoms with Crippen molar-refractivity contribution < 1.29 is 0 Å². The maximum atomic E-state index is 6.22. The molecule has 0 atom stereocenters. The van der Waals surface area contributed by atoms with Crippen LogP contribution in [0, 0.1) is 13.8 Å². The molecule has 1 N–H and O–H groups in total. The van der Waals surface area contributed by atoms with Crippen molar-refractivity contribution in [1.82, 2.24) is 4.98 Å². The van der Waals surface area contributed by atoms with Gasteiger partial charge in [0.05, 0.1) is 5.52 Å². The van der Waals surface area contributed by atoms with Crippen molar-refractivity contribution in [2.24, 2.45) is 0 Å². The second-order valence-electron chi connectivity index (χ2n) is 4.96. The van der Waals surface area contributed by atoms with Crippen LogP contribution in [-0.2, 0) is 6.42 Å². The number of fused-ring (bicyclic) bond motifs is 1. The van der Waals surface area contributed by atoms with Gasteiger partial charge in [-0.15, -0.1) is 0 Å². The minimum absolute atomic E-state index is 0.785. The number of benzene rings is 1. The van der Waals surface area contributed by atoms with Gasteiger partial charge in [0.15, 0.2) is 0 Å². The number of rotatable bonds is 4. The minimum Gasteiger partial charge on any atom is -0.384 e. The Kier molecular flexibility index (Phi) is 4.31. The highest BCUT2D eigenvalue weighted by Gasteiger charge is 2.12. The van der Waals surface area contributed by atoms with Gasteiger partial charge in [-0.1, -0.05) is 25.4 Å². The second-order valence-corrected chi connectivity index (χ2v) is 5.36. The van der Waals surface area contributed by atoms with Gasteiger partial charge in [0.25, 0.3) is 0 Å². The van der Waals surface area contributed by atoms with E-state index in [2.05, 4.69) is 32.2 Å². The first-order chi connectivity index (χ1) is 9.08. The molecule has 0 aliphatic heterocycles. The fraction of sp³-hybridized carbons (Fsp3) is 0.438. The molecule has 2 aromatic rings. The Labute approximate surface area is 120 Å². The van der Waals surface area contributed by atoms with E-state index in [0.29, 0.717) is 0 Å². The Morgan fingerprint density at radius 3 is 2.58 bits per heavy atom. The summed E-state index contributed by atoms with van der Waals surface area (Å²) in [7, 11) is 0. The van der Waals surface area contributed by atoms with Gasteiger partial charge >= 0.3 is 0 Å². The summed E-state index contributed by atoms with van der Waals surface area (Å²) in [4.78, 5) is 4.74. The van der Waals surface area contributed by atoms with Gasteiger partial charge in [-0.3, -0.25) is 4.98 Å². The van der Waals surface area contributed by atoms with E-state index in [0.717, 1.165) is 41.2 Å². The van der Waals surface area contributed by atoms with E-state index in [-0.39, 0.29) is 0 Å². The molecule has 19 heavy (non-hydrogen) atoms. The number of hydrogen-bond acceptors (Lipinski definition) is 2. The van der Waals surface area contributed by atoms with Crippen LogP contribution in [0.15, 0.2) is 12.1 Å². The van der Waals surface area contributed by atoms with E-state index in [4.69, 9.17) is 16.6 Å². The molecule has 0 radical (unpaired) electrons. The number of aryl methyl sites for hydroxylation is 2. The zero-order valence-corrected chi connectivity index (χ0v) is 12.9. The molecule has 1 aromatic heterocycles. The highest BCUT2D eigenvalue weighted by molar-refractivity contribution is 6.32. The summed E-state index contributed by atoms with van der Waals surface area (Å²) in [6.45, 7) is 9.47. The second kappa shape index (κ2) is 5.79. The number of halogens is 1. The zero-order valence-electron chi connectivity index (χ0n) is 12.1. The van der Waals surface area contributed by atoms with Gasteiger partial charge in [0, 0.05) is 28.3 Å². The maximum absolute atomic E-state index is 6.22. The summed E-state index contributed by atoms with van der Waals surface area (Å²) in [5.74, 6) is 0. The molecule has 2 rings (SSSR count). The average Bonchev–Trinajstić information content (AvgIpc) is 2.39. The van der Waals surface area contributed by atoms with Crippen molar-refractivity contribution in [3.8, 4) is 0 Å². The van der Waals surface area contributed by atoms with E-state index >= 15 is 0 Å². The molecule has 0 aliphatic rings. The summed E-state index contributed by atoms with van der Waals surface area (Å²) in [5.41, 5.74) is 5.69. The van der Waals surface area contributed by atoms with Crippen molar-refractivity contribution >= 4 is 28.2 Å². The molecule has 0 fully saturated rings. The third-order valence-corrected chi connectivity index (χ3v) is 3.90. The van der Waals surface area contributed by atoms with Crippen molar-refractivity contribution in [2.45, 2.75) is 40.5 Å². The molecule has 102 valence electrons. The fourth-order valence-corrected chi connectivity index (χ4v) is 2.52. The lowest BCUT2D eigenvalue weighted by molar-refractivity contribution is 0.970. The van der Waals surface area contributed by atoms with Crippen molar-refractivity contribution in [1.29, 1.82) is 0 Å². The largest absolute Gasteiger partial charge is 0.384 e. The Morgan fingerprint density at radius 1 is 1.21 bits per heavy atom. The van der Waals surface area contributed by atoms with Gasteiger partial charge in [-0.2, -0.15) is 0 Å². The molecule has 1 heterocycles. The average molecular weight is 277 g/mol. The van der Waals surface area contributed by atoms with Crippen LogP contribution in [0.5, 0.6) is 0 Å². The van der Waals surface area contributed by atoms with Crippen LogP contribution >= 0.6 is 11.6 Å². The summed E-state index contributed by atoms with van der Waals surface area (Å²) < 4.78 is 0. The van der Waals surface area contributed by atoms with Gasteiger partial charge in [-0.05, 0) is 49.9 Å². The molecule has 0 bridgehead atoms. The Bertz CT molecular complexity index is 605. The highest BCUT2D eigenvalue weighted by Crippen LogP contribution is 2.32. The van der Waals surface area contributed by atoms with E-state index in [1.165, 1.54) is 16.6 Å². The molecule has 0 amide bonds. The number of nitrogens with zero attached hydrogens (tertiary/aromatic N) is 1. The van der Waals surface area contributed by atoms with Crippen LogP contribution in [0.2, 0.25) is 5.02 Å². The number of nitrogens with one attached hydrogen (secondary N) is 1. The summed E-state index contributed by atoms with van der Waals surface area (Å²) in [5, 5.41) is 5.50. The van der Waals surface area contributed by atoms with Crippen LogP contribution in [-0.4, -0.2) is 11.5 Å². The molecule has 0 saturated carbocycles. The molecule has 2 nitrogen and oxygen atoms in total. The molecule has 3 heteroatoms. The number of anilines is 1. The SMILES string of the molecule is CCCNc1c(C)c(CC)nc2cc(Cl)c(C)cc12. The molecule has 1 aromatic carbocycles. The van der Waals surface area contributed by atoms with Crippen LogP contribution in [0.1, 0.15) is 37.1 Å². The maximum Gasteiger partial charge on any atom is 0.0741 e. The Balaban J connectivity index is 2.71. The molecule has 0 saturated heterocycles. The minimum atomic E-state index is 0.785. The van der Waals surface area contributed by atoms with E-state index in [1.807, 2.05) is 13.0 Å². The fourth-order valence-electron chi connectivity index (χ4n) is 2.36. The Hall–Kier alpha value is -1.28. The summed E-state index contributed by atoms with van der Waals surface area (Å²) in [6, 6.07) is 4.11. The van der Waals surface area contributed by atoms with Gasteiger partial charge in [0.1, 0.15) is 0 Å². The van der Waals surface area contributed by atoms with Gasteiger partial charge in [-0.25, -0.2) is 0 Å². The molecule has 0 unspecified atom stereocenters. The highest BCUT2D eigenvalue weighted by atomic mass is 35.5. The van der Waals surface area contributed by atoms with Crippen molar-refractivity contribution in [2.75, 3.05) is 11.9 Å². The first-order valence-electron chi connectivity index (χ1n) is 6.91. The molecule has 0 aliphatic carbocycles. The molecular weight excluding hydrogens is 256 g/mol. The number of hydrogen-bond donors (Lipinski definition) is 1. The van der Waals surface area contributed by atoms with Gasteiger partial charge < -0.3 is 5.32 Å². The molecule has 0 spiro atoms. The quantitative estimate of drug-likeness (QED) is 0.860. The summed E-state index contributed by atoms with van der Waals surface area (Å²) in [6.07, 6.45) is 2.05. The third kappa shape index (κ3) is 2.69. The Morgan fingerprint density at radius 2 is 1.95 bits per heavy atom. The lowest BCUT2D eigenvalue weighted by atomic mass is 10.0. The van der Waals surface area contributed by atoms with Crippen molar-refractivity contribution in [3.05, 3.63) is 34.0 Å². The van der Waals surface area contributed by atoms with Crippen LogP contribution < -0.4 is 5.32 Å². The van der Waals surface area contributed by atoms with Crippen molar-refractivity contribution in [3.63, 3.8) is 0 Å². The standard InChI is InChI=1S/C16H21ClN2/c1-5-7-18-16-11(4)14(6-2)19-15-9-13(17)10(3)8-12(15)16/h8-9H,5-7H2,1-4H3,(H,18,19). The van der Waals surface area contributed by atoms with Crippen LogP contribution in [0.25, 0.3) is 10.9 Å². The first-order valence-corrected chi connectivity index (χ1v) is 7.29. The topological polar surface area (TPSA) is 24.9 Å². The molecular formula is C16H21ClN2. The lowest BCUT2D eigenvalue weighted by Crippen LogP contribution is -2.06. The first kappa shape index (κ1) is 14.1. The lowest BCUT2D eigenvalue weighted by Gasteiger charge is -2.16.